The Labute approximate surface area is 309 Å². The second kappa shape index (κ2) is 14.6. The van der Waals surface area contributed by atoms with E-state index < -0.39 is 24.6 Å². The highest BCUT2D eigenvalue weighted by atomic mass is 35.5. The van der Waals surface area contributed by atoms with Gasteiger partial charge in [0.15, 0.2) is 0 Å². The third-order valence-corrected chi connectivity index (χ3v) is 11.0. The van der Waals surface area contributed by atoms with Gasteiger partial charge < -0.3 is 19.5 Å². The molecule has 0 radical (unpaired) electrons. The van der Waals surface area contributed by atoms with Gasteiger partial charge in [-0.05, 0) is 60.2 Å². The molecule has 2 aromatic carbocycles. The molecule has 2 N–H and O–H groups in total. The van der Waals surface area contributed by atoms with Crippen LogP contribution in [0.2, 0.25) is 10.0 Å². The molecule has 7 rings (SSSR count). The number of nitrogens with zero attached hydrogens (tertiary/aromatic N) is 5. The number of nitrogens with one attached hydrogen (secondary N) is 2. The fourth-order valence-corrected chi connectivity index (χ4v) is 8.18. The molecule has 0 spiro atoms. The average molecular weight is 755 g/mol. The second-order valence-corrected chi connectivity index (χ2v) is 14.4. The van der Waals surface area contributed by atoms with E-state index in [2.05, 4.69) is 20.5 Å². The number of anilines is 2. The summed E-state index contributed by atoms with van der Waals surface area (Å²) < 4.78 is 39.0. The number of halogens is 4. The molecule has 52 heavy (non-hydrogen) atoms. The Bertz CT molecular complexity index is 2090. The van der Waals surface area contributed by atoms with Crippen LogP contribution in [-0.2, 0) is 23.2 Å². The van der Waals surface area contributed by atoms with Gasteiger partial charge in [-0.2, -0.15) is 0 Å². The van der Waals surface area contributed by atoms with Crippen LogP contribution in [0, 0.1) is 0 Å². The maximum absolute atomic E-state index is 15.9. The van der Waals surface area contributed by atoms with Crippen LogP contribution in [0.3, 0.4) is 0 Å². The zero-order valence-electron chi connectivity index (χ0n) is 28.8. The van der Waals surface area contributed by atoms with Crippen molar-refractivity contribution in [3.8, 4) is 16.9 Å². The van der Waals surface area contributed by atoms with Gasteiger partial charge in [-0.25, -0.2) is 8.78 Å². The molecule has 2 unspecified atom stereocenters. The maximum atomic E-state index is 15.9. The minimum absolute atomic E-state index is 0.162. The normalized spacial score (nSPS) is 21.3. The number of hydrogen-bond acceptors (Lipinski definition) is 9. The van der Waals surface area contributed by atoms with E-state index in [1.54, 1.807) is 48.7 Å². The maximum Gasteiger partial charge on any atom is 0.275 e. The largest absolute Gasteiger partial charge is 0.496 e. The van der Waals surface area contributed by atoms with Crippen molar-refractivity contribution in [1.29, 1.82) is 0 Å². The van der Waals surface area contributed by atoms with Gasteiger partial charge >= 0.3 is 0 Å². The van der Waals surface area contributed by atoms with Gasteiger partial charge in [0.25, 0.3) is 11.5 Å². The zero-order valence-corrected chi connectivity index (χ0v) is 30.3. The molecule has 3 fully saturated rings. The van der Waals surface area contributed by atoms with Gasteiger partial charge in [0.1, 0.15) is 11.8 Å². The van der Waals surface area contributed by atoms with Gasteiger partial charge in [-0.1, -0.05) is 23.2 Å². The Kier molecular flexibility index (Phi) is 10.1. The molecule has 274 valence electrons. The molecule has 3 aliphatic rings. The van der Waals surface area contributed by atoms with E-state index in [0.717, 1.165) is 22.2 Å². The van der Waals surface area contributed by atoms with Crippen molar-refractivity contribution < 1.29 is 23.1 Å². The van der Waals surface area contributed by atoms with Crippen LogP contribution >= 0.6 is 23.2 Å². The van der Waals surface area contributed by atoms with E-state index in [1.165, 1.54) is 11.7 Å². The highest BCUT2D eigenvalue weighted by Crippen LogP contribution is 2.39. The van der Waals surface area contributed by atoms with Crippen LogP contribution in [0.1, 0.15) is 24.8 Å². The summed E-state index contributed by atoms with van der Waals surface area (Å²) in [4.78, 5) is 46.1. The lowest BCUT2D eigenvalue weighted by Crippen LogP contribution is -2.61. The van der Waals surface area contributed by atoms with Crippen molar-refractivity contribution in [2.45, 2.75) is 43.8 Å². The number of likely N-dealkylation sites (tertiary alicyclic amines) is 1. The van der Waals surface area contributed by atoms with Crippen LogP contribution < -0.4 is 25.8 Å². The van der Waals surface area contributed by atoms with Gasteiger partial charge in [0.05, 0.1) is 35.8 Å². The first-order chi connectivity index (χ1) is 24.9. The van der Waals surface area contributed by atoms with Crippen molar-refractivity contribution in [1.82, 2.24) is 24.7 Å². The molecule has 2 amide bonds. The molecule has 3 aliphatic heterocycles. The predicted octanol–water partition coefficient (Wildman–Crippen LogP) is 5.16. The molecular weight excluding hydrogens is 715 g/mol. The summed E-state index contributed by atoms with van der Waals surface area (Å²) in [5.41, 5.74) is 3.45. The van der Waals surface area contributed by atoms with Crippen molar-refractivity contribution >= 4 is 57.2 Å². The van der Waals surface area contributed by atoms with E-state index in [1.807, 2.05) is 23.1 Å². The van der Waals surface area contributed by atoms with Gasteiger partial charge in [-0.15, -0.1) is 0 Å². The number of piperazine rings is 1. The van der Waals surface area contributed by atoms with Crippen LogP contribution in [0.5, 0.6) is 5.75 Å². The number of alkyl halides is 2. The Hall–Kier alpha value is -4.30. The van der Waals surface area contributed by atoms with Gasteiger partial charge in [0, 0.05) is 93.2 Å². The molecule has 2 aromatic heterocycles. The lowest BCUT2D eigenvalue weighted by molar-refractivity contribution is -0.133. The molecule has 11 nitrogen and oxygen atoms in total. The van der Waals surface area contributed by atoms with E-state index in [4.69, 9.17) is 27.9 Å². The smallest absolute Gasteiger partial charge is 0.275 e. The first-order valence-corrected chi connectivity index (χ1v) is 18.0. The van der Waals surface area contributed by atoms with Crippen LogP contribution in [0.4, 0.5) is 20.2 Å². The Morgan fingerprint density at radius 3 is 2.50 bits per heavy atom. The van der Waals surface area contributed by atoms with Crippen LogP contribution in [0.25, 0.3) is 21.9 Å². The lowest BCUT2D eigenvalue weighted by Gasteiger charge is -2.47. The molecular formula is C37H39Cl2F2N7O4. The Morgan fingerprint density at radius 1 is 1.00 bits per heavy atom. The standard InChI is InChI=1S/C37H39Cl2F2N7O4/c1-45-19-26(24-7-9-42-18-25(24)36(45)51)22-15-28(38)27(32(16-22)52-2)20-46-10-8-33(37(40,41)21-46)48-13-11-47(12-14-48)31-5-3-23(17-29(31)39)43-30-4-6-34(49)44-35(30)50/h3,5,7,9,15-19,30,33,43H,4,6,8,10-14,20-21H2,1-2H3,(H,44,49,50). The highest BCUT2D eigenvalue weighted by Gasteiger charge is 2.48. The summed E-state index contributed by atoms with van der Waals surface area (Å²) in [5.74, 6) is -3.11. The summed E-state index contributed by atoms with van der Waals surface area (Å²) in [6, 6.07) is 9.44. The number of piperidine rings is 2. The number of carbonyl (C=O) groups is 2. The van der Waals surface area contributed by atoms with E-state index in [-0.39, 0.29) is 30.3 Å². The molecule has 5 heterocycles. The summed E-state index contributed by atoms with van der Waals surface area (Å²) in [7, 11) is 3.21. The quantitative estimate of drug-likeness (QED) is 0.236. The van der Waals surface area contributed by atoms with E-state index >= 15 is 8.78 Å². The topological polar surface area (TPSA) is 112 Å². The molecule has 0 saturated carbocycles. The fourth-order valence-electron chi connectivity index (χ4n) is 7.61. The number of carbonyl (C=O) groups excluding carboxylic acids is 2. The van der Waals surface area contributed by atoms with Crippen molar-refractivity contribution in [2.24, 2.45) is 7.05 Å². The Morgan fingerprint density at radius 2 is 1.79 bits per heavy atom. The number of imide groups is 1. The number of benzene rings is 2. The molecule has 0 bridgehead atoms. The first kappa shape index (κ1) is 36.1. The van der Waals surface area contributed by atoms with Crippen molar-refractivity contribution in [3.63, 3.8) is 0 Å². The number of amides is 2. The third-order valence-electron chi connectivity index (χ3n) is 10.3. The number of aromatic nitrogens is 2. The monoisotopic (exact) mass is 753 g/mol. The van der Waals surface area contributed by atoms with Crippen LogP contribution in [0.15, 0.2) is 59.8 Å². The minimum atomic E-state index is -2.96. The summed E-state index contributed by atoms with van der Waals surface area (Å²) in [6.07, 6.45) is 5.88. The summed E-state index contributed by atoms with van der Waals surface area (Å²) in [6.45, 7) is 2.25. The minimum Gasteiger partial charge on any atom is -0.496 e. The molecule has 15 heteroatoms. The van der Waals surface area contributed by atoms with Crippen molar-refractivity contribution in [2.75, 3.05) is 56.6 Å². The molecule has 0 aliphatic carbocycles. The number of pyridine rings is 2. The number of ether oxygens (including phenoxy) is 1. The number of fused-ring (bicyclic) bond motifs is 1. The van der Waals surface area contributed by atoms with E-state index in [0.29, 0.717) is 78.0 Å². The van der Waals surface area contributed by atoms with Gasteiger partial charge in [-0.3, -0.25) is 34.5 Å². The van der Waals surface area contributed by atoms with Gasteiger partial charge in [0.2, 0.25) is 11.8 Å². The molecule has 4 aromatic rings. The number of hydrogen-bond donors (Lipinski definition) is 2. The molecule has 3 saturated heterocycles. The SMILES string of the molecule is COc1cc(-c2cn(C)c(=O)c3cnccc23)cc(Cl)c1CN1CCC(N2CCN(c3ccc(NC4CCC(=O)NC4=O)cc3Cl)CC2)C(F)(F)C1. The summed E-state index contributed by atoms with van der Waals surface area (Å²) >= 11 is 13.5. The first-order valence-electron chi connectivity index (χ1n) is 17.2. The number of aryl methyl sites for hydroxylation is 1. The number of rotatable bonds is 8. The Balaban J connectivity index is 0.985. The fraction of sp³-hybridized carbons (Fsp3) is 0.405. The molecule has 2 atom stereocenters. The summed E-state index contributed by atoms with van der Waals surface area (Å²) in [5, 5.41) is 7.57. The predicted molar refractivity (Wildman–Crippen MR) is 198 cm³/mol. The van der Waals surface area contributed by atoms with Crippen LogP contribution in [-0.4, -0.2) is 95.5 Å². The van der Waals surface area contributed by atoms with Crippen molar-refractivity contribution in [3.05, 3.63) is 81.0 Å². The third kappa shape index (κ3) is 7.19. The highest BCUT2D eigenvalue weighted by molar-refractivity contribution is 6.33. The van der Waals surface area contributed by atoms with E-state index in [9.17, 15) is 14.4 Å². The lowest BCUT2D eigenvalue weighted by atomic mass is 9.96. The number of methoxy groups -OCH3 is 1. The zero-order chi connectivity index (χ0) is 36.7. The second-order valence-electron chi connectivity index (χ2n) is 13.6. The average Bonchev–Trinajstić information content (AvgIpc) is 3.12.